The van der Waals surface area contributed by atoms with Crippen molar-refractivity contribution in [3.63, 3.8) is 0 Å². The highest BCUT2D eigenvalue weighted by Crippen LogP contribution is 2.37. The summed E-state index contributed by atoms with van der Waals surface area (Å²) in [7, 11) is 0. The Morgan fingerprint density at radius 2 is 1.57 bits per heavy atom. The number of aromatic amines is 1. The second kappa shape index (κ2) is 9.94. The van der Waals surface area contributed by atoms with Crippen molar-refractivity contribution in [2.45, 2.75) is 12.4 Å². The van der Waals surface area contributed by atoms with Crippen LogP contribution in [-0.2, 0) is 12.4 Å². The number of halogens is 7. The van der Waals surface area contributed by atoms with E-state index in [1.54, 1.807) is 24.4 Å². The average molecular weight is 560 g/mol. The van der Waals surface area contributed by atoms with Crippen LogP contribution in [0.25, 0.3) is 22.3 Å². The van der Waals surface area contributed by atoms with Gasteiger partial charge in [-0.2, -0.15) is 26.3 Å². The number of carbonyl (C=O) groups excluding carboxylic acids is 1. The maximum Gasteiger partial charge on any atom is 0.416 e. The van der Waals surface area contributed by atoms with E-state index in [1.807, 2.05) is 5.32 Å². The number of nitrogens with one attached hydrogen (secondary N) is 3. The number of alkyl halides is 6. The molecule has 0 bridgehead atoms. The number of carbonyl (C=O) groups is 1. The fourth-order valence-electron chi connectivity index (χ4n) is 3.90. The Kier molecular flexibility index (Phi) is 6.61. The molecule has 0 aliphatic heterocycles. The normalized spacial score (nSPS) is 12.0. The molecule has 0 unspecified atom stereocenters. The zero-order valence-corrected chi connectivity index (χ0v) is 19.8. The van der Waals surface area contributed by atoms with Crippen molar-refractivity contribution in [1.29, 1.82) is 0 Å². The van der Waals surface area contributed by atoms with Crippen LogP contribution >= 0.6 is 0 Å². The maximum atomic E-state index is 14.6. The van der Waals surface area contributed by atoms with Crippen LogP contribution in [0.4, 0.5) is 47.9 Å². The molecule has 5 aromatic rings. The standard InChI is InChI=1S/C26H15F7N6O/c27-19-4-3-16(38-23-17(2-1-6-34-23)21-18-5-7-35-22(18)37-12-36-21)11-20(19)39-24(40)13-8-14(25(28,29)30)10-15(9-13)26(31,32)33/h1-12H,(H,34,38)(H,39,40)(H,35,36,37). The number of hydrogen-bond donors (Lipinski definition) is 3. The molecule has 7 nitrogen and oxygen atoms in total. The predicted molar refractivity (Wildman–Crippen MR) is 131 cm³/mol. The van der Waals surface area contributed by atoms with E-state index < -0.39 is 46.5 Å². The Morgan fingerprint density at radius 1 is 0.850 bits per heavy atom. The quantitative estimate of drug-likeness (QED) is 0.198. The summed E-state index contributed by atoms with van der Waals surface area (Å²) < 4.78 is 93.7. The van der Waals surface area contributed by atoms with Gasteiger partial charge in [0.1, 0.15) is 23.6 Å². The van der Waals surface area contributed by atoms with Crippen molar-refractivity contribution >= 4 is 34.1 Å². The van der Waals surface area contributed by atoms with Crippen molar-refractivity contribution in [3.05, 3.63) is 95.8 Å². The van der Waals surface area contributed by atoms with Crippen LogP contribution in [0.3, 0.4) is 0 Å². The second-order valence-electron chi connectivity index (χ2n) is 8.43. The minimum Gasteiger partial charge on any atom is -0.346 e. The van der Waals surface area contributed by atoms with Gasteiger partial charge >= 0.3 is 12.4 Å². The molecule has 0 aliphatic carbocycles. The molecule has 0 fully saturated rings. The second-order valence-corrected chi connectivity index (χ2v) is 8.43. The summed E-state index contributed by atoms with van der Waals surface area (Å²) in [4.78, 5) is 28.4. The molecule has 0 atom stereocenters. The van der Waals surface area contributed by atoms with Gasteiger partial charge in [0.05, 0.1) is 22.5 Å². The van der Waals surface area contributed by atoms with Gasteiger partial charge in [0.25, 0.3) is 5.91 Å². The summed E-state index contributed by atoms with van der Waals surface area (Å²) in [5.41, 5.74) is -2.93. The lowest BCUT2D eigenvalue weighted by molar-refractivity contribution is -0.143. The van der Waals surface area contributed by atoms with E-state index in [-0.39, 0.29) is 23.9 Å². The van der Waals surface area contributed by atoms with Gasteiger partial charge in [-0.3, -0.25) is 4.79 Å². The third kappa shape index (κ3) is 5.41. The van der Waals surface area contributed by atoms with Gasteiger partial charge in [-0.25, -0.2) is 19.3 Å². The molecule has 0 radical (unpaired) electrons. The topological polar surface area (TPSA) is 95.6 Å². The van der Waals surface area contributed by atoms with E-state index in [1.165, 1.54) is 18.6 Å². The van der Waals surface area contributed by atoms with Crippen LogP contribution < -0.4 is 10.6 Å². The van der Waals surface area contributed by atoms with E-state index in [4.69, 9.17) is 0 Å². The average Bonchev–Trinajstić information content (AvgIpc) is 3.39. The van der Waals surface area contributed by atoms with Crippen molar-refractivity contribution in [3.8, 4) is 11.3 Å². The number of fused-ring (bicyclic) bond motifs is 1. The summed E-state index contributed by atoms with van der Waals surface area (Å²) in [6.07, 6.45) is -5.78. The number of H-pyrrole nitrogens is 1. The van der Waals surface area contributed by atoms with Crippen LogP contribution in [-0.4, -0.2) is 25.8 Å². The smallest absolute Gasteiger partial charge is 0.346 e. The van der Waals surface area contributed by atoms with Crippen molar-refractivity contribution in [2.75, 3.05) is 10.6 Å². The zero-order chi connectivity index (χ0) is 28.7. The SMILES string of the molecule is O=C(Nc1cc(Nc2ncccc2-c2ncnc3[nH]ccc23)ccc1F)c1cc(C(F)(F)F)cc(C(F)(F)F)c1. The van der Waals surface area contributed by atoms with Gasteiger partial charge in [-0.15, -0.1) is 0 Å². The number of hydrogen-bond acceptors (Lipinski definition) is 5. The van der Waals surface area contributed by atoms with E-state index in [9.17, 15) is 35.5 Å². The number of pyridine rings is 1. The number of benzene rings is 2. The number of rotatable bonds is 5. The Balaban J connectivity index is 1.46. The van der Waals surface area contributed by atoms with E-state index in [2.05, 4.69) is 25.3 Å². The molecule has 0 saturated heterocycles. The molecule has 2 aromatic carbocycles. The van der Waals surface area contributed by atoms with Gasteiger partial charge in [0.15, 0.2) is 0 Å². The Bertz CT molecular complexity index is 1700. The van der Waals surface area contributed by atoms with Gasteiger partial charge in [0, 0.05) is 34.6 Å². The first kappa shape index (κ1) is 26.6. The van der Waals surface area contributed by atoms with Crippen LogP contribution in [0.15, 0.2) is 73.3 Å². The molecule has 0 aliphatic rings. The van der Waals surface area contributed by atoms with Gasteiger partial charge in [-0.05, 0) is 54.6 Å². The lowest BCUT2D eigenvalue weighted by atomic mass is 10.0. The third-order valence-electron chi connectivity index (χ3n) is 5.74. The molecule has 1 amide bonds. The van der Waals surface area contributed by atoms with Crippen LogP contribution in [0.1, 0.15) is 21.5 Å². The van der Waals surface area contributed by atoms with E-state index in [0.717, 1.165) is 12.1 Å². The third-order valence-corrected chi connectivity index (χ3v) is 5.74. The van der Waals surface area contributed by atoms with Crippen LogP contribution in [0, 0.1) is 5.82 Å². The van der Waals surface area contributed by atoms with Gasteiger partial charge < -0.3 is 15.6 Å². The minimum absolute atomic E-state index is 0.106. The zero-order valence-electron chi connectivity index (χ0n) is 19.8. The summed E-state index contributed by atoms with van der Waals surface area (Å²) >= 11 is 0. The largest absolute Gasteiger partial charge is 0.416 e. The van der Waals surface area contributed by atoms with E-state index in [0.29, 0.717) is 28.1 Å². The van der Waals surface area contributed by atoms with Crippen LogP contribution in [0.5, 0.6) is 0 Å². The first-order valence-corrected chi connectivity index (χ1v) is 11.3. The molecule has 3 N–H and O–H groups in total. The molecule has 3 aromatic heterocycles. The highest BCUT2D eigenvalue weighted by molar-refractivity contribution is 6.05. The Hall–Kier alpha value is -5.01. The molecule has 0 spiro atoms. The minimum atomic E-state index is -5.15. The first-order valence-electron chi connectivity index (χ1n) is 11.3. The molecule has 204 valence electrons. The summed E-state index contributed by atoms with van der Waals surface area (Å²) in [6.45, 7) is 0. The highest BCUT2D eigenvalue weighted by atomic mass is 19.4. The molecular formula is C26H15F7N6O. The highest BCUT2D eigenvalue weighted by Gasteiger charge is 2.37. The van der Waals surface area contributed by atoms with Gasteiger partial charge in [-0.1, -0.05) is 0 Å². The fraction of sp³-hybridized carbons (Fsp3) is 0.0769. The number of amides is 1. The molecule has 0 saturated carbocycles. The lowest BCUT2D eigenvalue weighted by Gasteiger charge is -2.15. The maximum absolute atomic E-state index is 14.6. The summed E-state index contributed by atoms with van der Waals surface area (Å²) in [5, 5.41) is 5.71. The summed E-state index contributed by atoms with van der Waals surface area (Å²) in [5.74, 6) is -2.06. The van der Waals surface area contributed by atoms with E-state index >= 15 is 0 Å². The first-order chi connectivity index (χ1) is 18.9. The lowest BCUT2D eigenvalue weighted by Crippen LogP contribution is -2.17. The van der Waals surface area contributed by atoms with Crippen molar-refractivity contribution in [1.82, 2.24) is 19.9 Å². The molecule has 3 heterocycles. The molecule has 5 rings (SSSR count). The van der Waals surface area contributed by atoms with Crippen LogP contribution in [0.2, 0.25) is 0 Å². The molecule has 14 heteroatoms. The Morgan fingerprint density at radius 3 is 2.27 bits per heavy atom. The molecular weight excluding hydrogens is 545 g/mol. The van der Waals surface area contributed by atoms with Crippen molar-refractivity contribution in [2.24, 2.45) is 0 Å². The summed E-state index contributed by atoms with van der Waals surface area (Å²) in [6, 6.07) is 8.96. The fourth-order valence-corrected chi connectivity index (χ4v) is 3.90. The van der Waals surface area contributed by atoms with Gasteiger partial charge in [0.2, 0.25) is 0 Å². The predicted octanol–water partition coefficient (Wildman–Crippen LogP) is 7.19. The van der Waals surface area contributed by atoms with Crippen molar-refractivity contribution < 1.29 is 35.5 Å². The number of aromatic nitrogens is 4. The number of nitrogens with zero attached hydrogens (tertiary/aromatic N) is 3. The molecule has 40 heavy (non-hydrogen) atoms. The Labute approximate surface area is 220 Å². The monoisotopic (exact) mass is 560 g/mol. The number of anilines is 3.